The van der Waals surface area contributed by atoms with Gasteiger partial charge in [-0.15, -0.1) is 0 Å². The minimum absolute atomic E-state index is 0.0309. The molecule has 0 aliphatic heterocycles. The van der Waals surface area contributed by atoms with Crippen molar-refractivity contribution in [3.05, 3.63) is 40.7 Å². The van der Waals surface area contributed by atoms with Crippen molar-refractivity contribution in [3.63, 3.8) is 0 Å². The maximum absolute atomic E-state index is 13.1. The smallest absolute Gasteiger partial charge is 0.335 e. The molecule has 0 heterocycles. The number of carbonyl (C=O) groups is 1. The van der Waals surface area contributed by atoms with Gasteiger partial charge in [0, 0.05) is 2.74 Å². The predicted molar refractivity (Wildman–Crippen MR) is 86.3 cm³/mol. The van der Waals surface area contributed by atoms with E-state index in [4.69, 9.17) is 19.1 Å². The number of nitrogens with one attached hydrogen (secondary N) is 1. The van der Waals surface area contributed by atoms with E-state index in [1.54, 1.807) is 6.92 Å². The lowest BCUT2D eigenvalue weighted by Gasteiger charge is -2.24. The van der Waals surface area contributed by atoms with Crippen molar-refractivity contribution in [1.29, 1.82) is 0 Å². The molecule has 1 atom stereocenters. The van der Waals surface area contributed by atoms with Gasteiger partial charge in [0.15, 0.2) is 0 Å². The van der Waals surface area contributed by atoms with Gasteiger partial charge < -0.3 is 4.74 Å². The van der Waals surface area contributed by atoms with E-state index in [0.717, 1.165) is 18.2 Å². The summed E-state index contributed by atoms with van der Waals surface area (Å²) < 4.78 is 61.8. The standard InChI is InChI=1S/C15H17ClFNO4S/c1-2-22-15(19)11-5-3-4-6-14(11)23(20,21)18-13-8-7-10(17)9-12(13)16/h5,7-9,14,18H,2-4,6H2,1H3/i6D2. The van der Waals surface area contributed by atoms with Crippen molar-refractivity contribution in [2.75, 3.05) is 11.3 Å². The number of rotatable bonds is 5. The van der Waals surface area contributed by atoms with Crippen LogP contribution in [0, 0.1) is 5.82 Å². The molecule has 0 amide bonds. The number of hydrogen-bond acceptors (Lipinski definition) is 4. The Morgan fingerprint density at radius 3 is 2.96 bits per heavy atom. The van der Waals surface area contributed by atoms with Gasteiger partial charge in [-0.3, -0.25) is 4.72 Å². The van der Waals surface area contributed by atoms with Crippen LogP contribution in [0.2, 0.25) is 5.02 Å². The van der Waals surface area contributed by atoms with Gasteiger partial charge in [-0.2, -0.15) is 0 Å². The number of ether oxygens (including phenoxy) is 1. The molecular weight excluding hydrogens is 345 g/mol. The van der Waals surface area contributed by atoms with Gasteiger partial charge in [0.1, 0.15) is 11.1 Å². The fraction of sp³-hybridized carbons (Fsp3) is 0.400. The van der Waals surface area contributed by atoms with Crippen LogP contribution in [0.3, 0.4) is 0 Å². The van der Waals surface area contributed by atoms with E-state index in [1.165, 1.54) is 6.08 Å². The molecule has 1 aromatic rings. The van der Waals surface area contributed by atoms with Crippen LogP contribution in [0.15, 0.2) is 29.8 Å². The van der Waals surface area contributed by atoms with Gasteiger partial charge >= 0.3 is 5.97 Å². The van der Waals surface area contributed by atoms with Crippen molar-refractivity contribution >= 4 is 33.3 Å². The van der Waals surface area contributed by atoms with E-state index in [2.05, 4.69) is 4.72 Å². The molecule has 1 aliphatic rings. The molecule has 23 heavy (non-hydrogen) atoms. The van der Waals surface area contributed by atoms with Crippen LogP contribution >= 0.6 is 11.6 Å². The van der Waals surface area contributed by atoms with Gasteiger partial charge in [-0.1, -0.05) is 17.7 Å². The quantitative estimate of drug-likeness (QED) is 0.815. The van der Waals surface area contributed by atoms with Crippen LogP contribution in [0.5, 0.6) is 0 Å². The molecule has 1 N–H and O–H groups in total. The summed E-state index contributed by atoms with van der Waals surface area (Å²) >= 11 is 5.83. The average molecular weight is 364 g/mol. The van der Waals surface area contributed by atoms with Crippen LogP contribution in [0.1, 0.15) is 28.9 Å². The van der Waals surface area contributed by atoms with Gasteiger partial charge in [0.2, 0.25) is 10.0 Å². The first kappa shape index (κ1) is 15.0. The molecule has 0 saturated heterocycles. The summed E-state index contributed by atoms with van der Waals surface area (Å²) in [6.07, 6.45) is -0.673. The molecule has 126 valence electrons. The summed E-state index contributed by atoms with van der Waals surface area (Å²) in [6.45, 7) is 1.60. The highest BCUT2D eigenvalue weighted by atomic mass is 35.5. The molecule has 8 heteroatoms. The maximum Gasteiger partial charge on any atom is 0.335 e. The van der Waals surface area contributed by atoms with Crippen molar-refractivity contribution in [2.24, 2.45) is 0 Å². The van der Waals surface area contributed by atoms with E-state index < -0.39 is 33.4 Å². The lowest BCUT2D eigenvalue weighted by atomic mass is 9.99. The summed E-state index contributed by atoms with van der Waals surface area (Å²) in [6, 6.07) is 3.07. The van der Waals surface area contributed by atoms with Crippen molar-refractivity contribution < 1.29 is 25.1 Å². The van der Waals surface area contributed by atoms with Crippen molar-refractivity contribution in [3.8, 4) is 0 Å². The number of benzene rings is 1. The summed E-state index contributed by atoms with van der Waals surface area (Å²) in [5, 5.41) is -1.95. The molecule has 2 rings (SSSR count). The first-order valence-corrected chi connectivity index (χ1v) is 8.85. The largest absolute Gasteiger partial charge is 0.463 e. The minimum atomic E-state index is -4.39. The molecule has 0 radical (unpaired) electrons. The highest BCUT2D eigenvalue weighted by Crippen LogP contribution is 2.30. The summed E-state index contributed by atoms with van der Waals surface area (Å²) in [5.74, 6) is -1.53. The third-order valence-electron chi connectivity index (χ3n) is 3.13. The normalized spacial score (nSPS) is 21.7. The van der Waals surface area contributed by atoms with Gasteiger partial charge in [0.05, 0.1) is 22.9 Å². The Bertz CT molecular complexity index is 814. The molecule has 1 aromatic carbocycles. The van der Waals surface area contributed by atoms with Crippen LogP contribution < -0.4 is 4.72 Å². The molecule has 0 bridgehead atoms. The second kappa shape index (κ2) is 7.31. The first-order chi connectivity index (χ1) is 11.6. The number of hydrogen-bond donors (Lipinski definition) is 1. The third-order valence-corrected chi connectivity index (χ3v) is 4.98. The number of esters is 1. The summed E-state index contributed by atoms with van der Waals surface area (Å²) in [4.78, 5) is 12.1. The van der Waals surface area contributed by atoms with Crippen LogP contribution in [-0.2, 0) is 19.6 Å². The third kappa shape index (κ3) is 4.23. The van der Waals surface area contributed by atoms with Gasteiger partial charge in [-0.25, -0.2) is 17.6 Å². The Balaban J connectivity index is 2.43. The van der Waals surface area contributed by atoms with E-state index in [9.17, 15) is 17.6 Å². The second-order valence-electron chi connectivity index (χ2n) is 4.77. The van der Waals surface area contributed by atoms with E-state index in [-0.39, 0.29) is 35.7 Å². The Labute approximate surface area is 142 Å². The van der Waals surface area contributed by atoms with Gasteiger partial charge in [-0.05, 0) is 44.3 Å². The fourth-order valence-corrected chi connectivity index (χ4v) is 3.86. The molecular formula is C15H17ClFNO4S. The SMILES string of the molecule is [2H]C1([2H])CCC=C(C(=O)OCC)C1S(=O)(=O)Nc1ccc(F)cc1Cl. The monoisotopic (exact) mass is 363 g/mol. The second-order valence-corrected chi connectivity index (χ2v) is 6.95. The average Bonchev–Trinajstić information content (AvgIpc) is 2.48. The van der Waals surface area contributed by atoms with Crippen molar-refractivity contribution in [2.45, 2.75) is 31.4 Å². The highest BCUT2D eigenvalue weighted by molar-refractivity contribution is 7.93. The lowest BCUT2D eigenvalue weighted by molar-refractivity contribution is -0.138. The summed E-state index contributed by atoms with van der Waals surface area (Å²) in [5.41, 5.74) is -0.364. The topological polar surface area (TPSA) is 72.5 Å². The summed E-state index contributed by atoms with van der Waals surface area (Å²) in [7, 11) is -4.39. The zero-order valence-electron chi connectivity index (χ0n) is 14.3. The number of allylic oxidation sites excluding steroid dienone is 1. The van der Waals surface area contributed by atoms with E-state index >= 15 is 0 Å². The molecule has 0 saturated carbocycles. The van der Waals surface area contributed by atoms with Crippen LogP contribution in [0.4, 0.5) is 10.1 Å². The molecule has 1 aliphatic carbocycles. The number of halogens is 2. The van der Waals surface area contributed by atoms with Gasteiger partial charge in [0.25, 0.3) is 0 Å². The molecule has 1 unspecified atom stereocenters. The Morgan fingerprint density at radius 1 is 1.57 bits per heavy atom. The first-order valence-electron chi connectivity index (χ1n) is 7.92. The zero-order chi connectivity index (χ0) is 18.8. The van der Waals surface area contributed by atoms with Crippen LogP contribution in [-0.4, -0.2) is 26.2 Å². The van der Waals surface area contributed by atoms with E-state index in [1.807, 2.05) is 0 Å². The Kier molecular flexibility index (Phi) is 4.76. The minimum Gasteiger partial charge on any atom is -0.463 e. The maximum atomic E-state index is 13.1. The van der Waals surface area contributed by atoms with Crippen molar-refractivity contribution in [1.82, 2.24) is 0 Å². The number of anilines is 1. The fourth-order valence-electron chi connectivity index (χ4n) is 2.13. The number of sulfonamides is 1. The molecule has 0 spiro atoms. The zero-order valence-corrected chi connectivity index (χ0v) is 13.9. The molecule has 0 fully saturated rings. The number of carbonyl (C=O) groups excluding carboxylic acids is 1. The van der Waals surface area contributed by atoms with E-state index in [0.29, 0.717) is 0 Å². The highest BCUT2D eigenvalue weighted by Gasteiger charge is 2.35. The Hall–Kier alpha value is -1.60. The predicted octanol–water partition coefficient (Wildman–Crippen LogP) is 3.26. The molecule has 0 aromatic heterocycles. The lowest BCUT2D eigenvalue weighted by Crippen LogP contribution is -2.34. The molecule has 5 nitrogen and oxygen atoms in total. The Morgan fingerprint density at radius 2 is 2.30 bits per heavy atom. The van der Waals surface area contributed by atoms with Crippen LogP contribution in [0.25, 0.3) is 0 Å².